The summed E-state index contributed by atoms with van der Waals surface area (Å²) in [6.07, 6.45) is 0.946. The lowest BCUT2D eigenvalue weighted by Crippen LogP contribution is -2.28. The summed E-state index contributed by atoms with van der Waals surface area (Å²) >= 11 is 0. The molecular weight excluding hydrogens is 222 g/mol. The van der Waals surface area contributed by atoms with Crippen molar-refractivity contribution < 1.29 is 4.74 Å². The third kappa shape index (κ3) is 2.03. The maximum atomic E-state index is 6.40. The highest BCUT2D eigenvalue weighted by Gasteiger charge is 2.66. The molecule has 100 valence electrons. The van der Waals surface area contributed by atoms with Gasteiger partial charge in [-0.05, 0) is 40.9 Å². The van der Waals surface area contributed by atoms with Gasteiger partial charge in [-0.25, -0.2) is 0 Å². The number of methoxy groups -OCH3 is 1. The van der Waals surface area contributed by atoms with Gasteiger partial charge in [-0.2, -0.15) is 0 Å². The minimum absolute atomic E-state index is 0.239. The second kappa shape index (κ2) is 4.27. The number of ether oxygens (including phenoxy) is 1. The minimum Gasteiger partial charge on any atom is -0.497 e. The van der Waals surface area contributed by atoms with Crippen molar-refractivity contribution in [3.05, 3.63) is 29.8 Å². The Balaban J connectivity index is 2.02. The minimum atomic E-state index is 0.239. The van der Waals surface area contributed by atoms with Crippen LogP contribution in [0.3, 0.4) is 0 Å². The summed E-state index contributed by atoms with van der Waals surface area (Å²) in [5.41, 5.74) is 8.41. The van der Waals surface area contributed by atoms with E-state index in [0.29, 0.717) is 16.7 Å². The molecule has 0 heterocycles. The largest absolute Gasteiger partial charge is 0.497 e. The molecule has 0 aliphatic heterocycles. The number of nitrogens with two attached hydrogens (primary N) is 1. The Kier molecular flexibility index (Phi) is 3.18. The monoisotopic (exact) mass is 247 g/mol. The molecule has 2 nitrogen and oxygen atoms in total. The number of hydrogen-bond acceptors (Lipinski definition) is 2. The highest BCUT2D eigenvalue weighted by atomic mass is 16.5. The van der Waals surface area contributed by atoms with Crippen molar-refractivity contribution in [2.75, 3.05) is 7.11 Å². The van der Waals surface area contributed by atoms with Crippen molar-refractivity contribution in [3.8, 4) is 5.75 Å². The number of benzene rings is 1. The Morgan fingerprint density at radius 3 is 2.00 bits per heavy atom. The molecule has 1 atom stereocenters. The highest BCUT2D eigenvalue weighted by molar-refractivity contribution is 5.28. The van der Waals surface area contributed by atoms with Crippen molar-refractivity contribution >= 4 is 0 Å². The molecular formula is C16H25NO. The summed E-state index contributed by atoms with van der Waals surface area (Å²) < 4.78 is 5.17. The van der Waals surface area contributed by atoms with E-state index in [2.05, 4.69) is 39.8 Å². The number of hydrogen-bond donors (Lipinski definition) is 1. The molecule has 1 aliphatic rings. The molecule has 0 saturated heterocycles. The average molecular weight is 247 g/mol. The second-order valence-corrected chi connectivity index (χ2v) is 6.64. The van der Waals surface area contributed by atoms with Gasteiger partial charge in [0.05, 0.1) is 7.11 Å². The van der Waals surface area contributed by atoms with E-state index in [4.69, 9.17) is 10.5 Å². The van der Waals surface area contributed by atoms with Gasteiger partial charge in [0.25, 0.3) is 0 Å². The van der Waals surface area contributed by atoms with Crippen LogP contribution in [0.5, 0.6) is 5.75 Å². The Morgan fingerprint density at radius 2 is 1.61 bits per heavy atom. The smallest absolute Gasteiger partial charge is 0.118 e. The first-order valence-electron chi connectivity index (χ1n) is 6.69. The van der Waals surface area contributed by atoms with Crippen LogP contribution in [0.15, 0.2) is 24.3 Å². The van der Waals surface area contributed by atoms with Crippen LogP contribution in [-0.2, 0) is 6.42 Å². The Hall–Kier alpha value is -1.02. The summed E-state index contributed by atoms with van der Waals surface area (Å²) in [5, 5.41) is 0. The van der Waals surface area contributed by atoms with Crippen LogP contribution in [0.1, 0.15) is 33.3 Å². The predicted octanol–water partition coefficient (Wildman–Crippen LogP) is 3.25. The van der Waals surface area contributed by atoms with Crippen molar-refractivity contribution in [2.45, 2.75) is 40.2 Å². The van der Waals surface area contributed by atoms with Crippen LogP contribution in [0.25, 0.3) is 0 Å². The molecule has 2 rings (SSSR count). The van der Waals surface area contributed by atoms with E-state index in [9.17, 15) is 0 Å². The Labute approximate surface area is 111 Å². The fourth-order valence-corrected chi connectivity index (χ4v) is 3.47. The van der Waals surface area contributed by atoms with E-state index in [1.807, 2.05) is 12.1 Å². The molecule has 2 heteroatoms. The molecule has 1 unspecified atom stereocenters. The molecule has 1 saturated carbocycles. The molecule has 18 heavy (non-hydrogen) atoms. The van der Waals surface area contributed by atoms with Gasteiger partial charge in [0.1, 0.15) is 5.75 Å². The van der Waals surface area contributed by atoms with Crippen molar-refractivity contribution in [2.24, 2.45) is 22.5 Å². The van der Waals surface area contributed by atoms with E-state index < -0.39 is 0 Å². The fourth-order valence-electron chi connectivity index (χ4n) is 3.47. The van der Waals surface area contributed by atoms with Gasteiger partial charge in [0.15, 0.2) is 0 Å². The van der Waals surface area contributed by atoms with E-state index in [1.54, 1.807) is 7.11 Å². The van der Waals surface area contributed by atoms with Gasteiger partial charge in [0.2, 0.25) is 0 Å². The zero-order chi connectivity index (χ0) is 13.6. The van der Waals surface area contributed by atoms with Crippen LogP contribution in [-0.4, -0.2) is 13.2 Å². The van der Waals surface area contributed by atoms with Gasteiger partial charge in [-0.15, -0.1) is 0 Å². The Morgan fingerprint density at radius 1 is 1.11 bits per heavy atom. The van der Waals surface area contributed by atoms with Gasteiger partial charge >= 0.3 is 0 Å². The molecule has 1 aromatic carbocycles. The third-order valence-corrected chi connectivity index (χ3v) is 5.19. The molecule has 1 aromatic rings. The normalized spacial score (nSPS) is 22.6. The molecule has 0 aromatic heterocycles. The maximum Gasteiger partial charge on any atom is 0.118 e. The zero-order valence-corrected chi connectivity index (χ0v) is 12.2. The van der Waals surface area contributed by atoms with Gasteiger partial charge in [0, 0.05) is 6.04 Å². The molecule has 0 spiro atoms. The van der Waals surface area contributed by atoms with Crippen molar-refractivity contribution in [3.63, 3.8) is 0 Å². The molecule has 0 bridgehead atoms. The van der Waals surface area contributed by atoms with Crippen molar-refractivity contribution in [1.29, 1.82) is 0 Å². The van der Waals surface area contributed by atoms with Crippen LogP contribution in [0.4, 0.5) is 0 Å². The SMILES string of the molecule is COc1ccc(CC(N)C2C(C)(C)C2(C)C)cc1. The Bertz CT molecular complexity index is 405. The fraction of sp³-hybridized carbons (Fsp3) is 0.625. The van der Waals surface area contributed by atoms with Crippen LogP contribution in [0.2, 0.25) is 0 Å². The topological polar surface area (TPSA) is 35.2 Å². The highest BCUT2D eigenvalue weighted by Crippen LogP contribution is 2.69. The van der Waals surface area contributed by atoms with Crippen LogP contribution >= 0.6 is 0 Å². The quantitative estimate of drug-likeness (QED) is 0.886. The average Bonchev–Trinajstić information content (AvgIpc) is 2.70. The first-order chi connectivity index (χ1) is 8.30. The van der Waals surface area contributed by atoms with Gasteiger partial charge < -0.3 is 10.5 Å². The first kappa shape index (κ1) is 13.4. The number of rotatable bonds is 4. The van der Waals surface area contributed by atoms with Crippen molar-refractivity contribution in [1.82, 2.24) is 0 Å². The molecule has 0 radical (unpaired) electrons. The molecule has 1 aliphatic carbocycles. The van der Waals surface area contributed by atoms with E-state index in [-0.39, 0.29) is 6.04 Å². The van der Waals surface area contributed by atoms with E-state index in [1.165, 1.54) is 5.56 Å². The second-order valence-electron chi connectivity index (χ2n) is 6.64. The summed E-state index contributed by atoms with van der Waals surface area (Å²) in [5.74, 6) is 1.51. The van der Waals surface area contributed by atoms with E-state index in [0.717, 1.165) is 12.2 Å². The maximum absolute atomic E-state index is 6.40. The zero-order valence-electron chi connectivity index (χ0n) is 12.2. The molecule has 2 N–H and O–H groups in total. The summed E-state index contributed by atoms with van der Waals surface area (Å²) in [4.78, 5) is 0. The standard InChI is InChI=1S/C16H25NO/c1-15(2)14(16(15,3)4)13(17)10-11-6-8-12(18-5)9-7-11/h6-9,13-14H,10,17H2,1-5H3. The molecule has 1 fully saturated rings. The van der Waals surface area contributed by atoms with Crippen LogP contribution in [0, 0.1) is 16.7 Å². The third-order valence-electron chi connectivity index (χ3n) is 5.19. The summed E-state index contributed by atoms with van der Waals surface area (Å²) in [6, 6.07) is 8.47. The van der Waals surface area contributed by atoms with Gasteiger partial charge in [-0.1, -0.05) is 39.8 Å². The van der Waals surface area contributed by atoms with E-state index >= 15 is 0 Å². The lowest BCUT2D eigenvalue weighted by Gasteiger charge is -2.14. The first-order valence-corrected chi connectivity index (χ1v) is 6.69. The predicted molar refractivity (Wildman–Crippen MR) is 75.7 cm³/mol. The summed E-state index contributed by atoms with van der Waals surface area (Å²) in [7, 11) is 1.69. The van der Waals surface area contributed by atoms with Crippen LogP contribution < -0.4 is 10.5 Å². The molecule has 0 amide bonds. The lowest BCUT2D eigenvalue weighted by molar-refractivity contribution is 0.414. The van der Waals surface area contributed by atoms with Gasteiger partial charge in [-0.3, -0.25) is 0 Å². The summed E-state index contributed by atoms with van der Waals surface area (Å²) in [6.45, 7) is 9.30. The lowest BCUT2D eigenvalue weighted by atomic mass is 9.98.